The third kappa shape index (κ3) is 6.62. The van der Waals surface area contributed by atoms with Gasteiger partial charge in [-0.05, 0) is 44.9 Å². The van der Waals surface area contributed by atoms with Gasteiger partial charge in [-0.25, -0.2) is 0 Å². The molecule has 1 heterocycles. The normalized spacial score (nSPS) is 15.3. The van der Waals surface area contributed by atoms with Gasteiger partial charge in [0.2, 0.25) is 5.91 Å². The molecule has 2 aromatic rings. The second-order valence-corrected chi connectivity index (χ2v) is 8.95. The lowest BCUT2D eigenvalue weighted by Gasteiger charge is -2.25. The van der Waals surface area contributed by atoms with Crippen LogP contribution in [0.1, 0.15) is 63.4 Å². The Morgan fingerprint density at radius 3 is 2.65 bits per heavy atom. The van der Waals surface area contributed by atoms with Crippen molar-refractivity contribution in [2.75, 3.05) is 11.1 Å². The quantitative estimate of drug-likeness (QED) is 0.546. The number of aromatic nitrogens is 3. The Kier molecular flexibility index (Phi) is 7.85. The highest BCUT2D eigenvalue weighted by Crippen LogP contribution is 2.33. The molecule has 0 radical (unpaired) electrons. The summed E-state index contributed by atoms with van der Waals surface area (Å²) in [7, 11) is 0. The third-order valence-corrected chi connectivity index (χ3v) is 6.04. The maximum Gasteiger partial charge on any atom is 0.416 e. The van der Waals surface area contributed by atoms with Gasteiger partial charge in [-0.3, -0.25) is 4.79 Å². The van der Waals surface area contributed by atoms with E-state index in [2.05, 4.69) is 25.4 Å². The van der Waals surface area contributed by atoms with E-state index in [4.69, 9.17) is 0 Å². The Balaban J connectivity index is 1.75. The van der Waals surface area contributed by atoms with Gasteiger partial charge in [0.05, 0.1) is 17.9 Å². The standard InChI is InChI=1S/C21H28F3N5OS/c1-14(2)26-19(30)13-31-20-28-27-18(29(20)17-9-4-3-5-10-17)12-25-16-8-6-7-15(11-16)21(22,23)24/h6-8,11,14,17,25H,3-5,9-10,12-13H2,1-2H3,(H,26,30). The van der Waals surface area contributed by atoms with Crippen molar-refractivity contribution in [3.05, 3.63) is 35.7 Å². The highest BCUT2D eigenvalue weighted by molar-refractivity contribution is 7.99. The predicted octanol–water partition coefficient (Wildman–Crippen LogP) is 5.03. The predicted molar refractivity (Wildman–Crippen MR) is 115 cm³/mol. The molecule has 0 aliphatic heterocycles. The number of carbonyl (C=O) groups excluding carboxylic acids is 1. The highest BCUT2D eigenvalue weighted by Gasteiger charge is 2.30. The van der Waals surface area contributed by atoms with E-state index in [1.54, 1.807) is 6.07 Å². The first kappa shape index (κ1) is 23.4. The molecule has 0 unspecified atom stereocenters. The summed E-state index contributed by atoms with van der Waals surface area (Å²) in [6.07, 6.45) is 1.03. The van der Waals surface area contributed by atoms with Crippen molar-refractivity contribution in [1.82, 2.24) is 20.1 Å². The molecule has 0 spiro atoms. The van der Waals surface area contributed by atoms with Crippen LogP contribution in [0.5, 0.6) is 0 Å². The summed E-state index contributed by atoms with van der Waals surface area (Å²) in [6.45, 7) is 4.07. The molecular weight excluding hydrogens is 427 g/mol. The molecule has 2 N–H and O–H groups in total. The number of nitrogens with one attached hydrogen (secondary N) is 2. The van der Waals surface area contributed by atoms with Crippen LogP contribution in [0.3, 0.4) is 0 Å². The van der Waals surface area contributed by atoms with Gasteiger partial charge < -0.3 is 15.2 Å². The Morgan fingerprint density at radius 2 is 1.97 bits per heavy atom. The summed E-state index contributed by atoms with van der Waals surface area (Å²) in [5.74, 6) is 0.835. The SMILES string of the molecule is CC(C)NC(=O)CSc1nnc(CNc2cccc(C(F)(F)F)c2)n1C1CCCCC1. The summed E-state index contributed by atoms with van der Waals surface area (Å²) < 4.78 is 41.0. The van der Waals surface area contributed by atoms with E-state index < -0.39 is 11.7 Å². The first-order valence-electron chi connectivity index (χ1n) is 10.5. The number of rotatable bonds is 8. The molecule has 1 aromatic heterocycles. The number of thioether (sulfide) groups is 1. The summed E-state index contributed by atoms with van der Waals surface area (Å²) in [5.41, 5.74) is -0.322. The van der Waals surface area contributed by atoms with E-state index in [-0.39, 0.29) is 30.3 Å². The number of alkyl halides is 3. The van der Waals surface area contributed by atoms with Crippen molar-refractivity contribution >= 4 is 23.4 Å². The van der Waals surface area contributed by atoms with Gasteiger partial charge >= 0.3 is 6.18 Å². The van der Waals surface area contributed by atoms with Gasteiger partial charge in [-0.15, -0.1) is 10.2 Å². The number of hydrogen-bond acceptors (Lipinski definition) is 5. The summed E-state index contributed by atoms with van der Waals surface area (Å²) in [5, 5.41) is 15.2. The smallest absolute Gasteiger partial charge is 0.378 e. The molecular formula is C21H28F3N5OS. The Hall–Kier alpha value is -2.23. The van der Waals surface area contributed by atoms with Crippen LogP contribution in [0.25, 0.3) is 0 Å². The van der Waals surface area contributed by atoms with Crippen LogP contribution in [0.4, 0.5) is 18.9 Å². The summed E-state index contributed by atoms with van der Waals surface area (Å²) in [4.78, 5) is 12.1. The first-order chi connectivity index (χ1) is 14.7. The molecule has 1 aliphatic carbocycles. The lowest BCUT2D eigenvalue weighted by atomic mass is 9.95. The van der Waals surface area contributed by atoms with Crippen LogP contribution < -0.4 is 10.6 Å². The van der Waals surface area contributed by atoms with Crippen molar-refractivity contribution in [3.8, 4) is 0 Å². The first-order valence-corrected chi connectivity index (χ1v) is 11.5. The molecule has 6 nitrogen and oxygen atoms in total. The van der Waals surface area contributed by atoms with Crippen molar-refractivity contribution in [2.24, 2.45) is 0 Å². The molecule has 0 bridgehead atoms. The number of nitrogens with zero attached hydrogens (tertiary/aromatic N) is 3. The lowest BCUT2D eigenvalue weighted by Crippen LogP contribution is -2.31. The molecule has 31 heavy (non-hydrogen) atoms. The van der Waals surface area contributed by atoms with Crippen LogP contribution in [-0.2, 0) is 17.5 Å². The zero-order valence-electron chi connectivity index (χ0n) is 17.7. The van der Waals surface area contributed by atoms with E-state index in [9.17, 15) is 18.0 Å². The molecule has 3 rings (SSSR count). The maximum atomic E-state index is 13.0. The number of benzene rings is 1. The number of amides is 1. The van der Waals surface area contributed by atoms with Crippen LogP contribution in [-0.4, -0.2) is 32.5 Å². The van der Waals surface area contributed by atoms with Gasteiger partial charge in [0, 0.05) is 17.8 Å². The fourth-order valence-electron chi connectivity index (χ4n) is 3.71. The van der Waals surface area contributed by atoms with Crippen LogP contribution in [0, 0.1) is 0 Å². The van der Waals surface area contributed by atoms with Crippen LogP contribution >= 0.6 is 11.8 Å². The fourth-order valence-corrected chi connectivity index (χ4v) is 4.55. The molecule has 1 saturated carbocycles. The van der Waals surface area contributed by atoms with Gasteiger partial charge in [0.1, 0.15) is 0 Å². The largest absolute Gasteiger partial charge is 0.416 e. The van der Waals surface area contributed by atoms with E-state index >= 15 is 0 Å². The third-order valence-electron chi connectivity index (χ3n) is 5.10. The van der Waals surface area contributed by atoms with Crippen molar-refractivity contribution in [3.63, 3.8) is 0 Å². The lowest BCUT2D eigenvalue weighted by molar-refractivity contribution is -0.137. The van der Waals surface area contributed by atoms with Crippen molar-refractivity contribution < 1.29 is 18.0 Å². The van der Waals surface area contributed by atoms with E-state index in [1.807, 2.05) is 13.8 Å². The molecule has 1 amide bonds. The van der Waals surface area contributed by atoms with Crippen molar-refractivity contribution in [1.29, 1.82) is 0 Å². The Bertz CT molecular complexity index is 878. The van der Waals surface area contributed by atoms with E-state index in [1.165, 1.54) is 24.2 Å². The number of hydrogen-bond donors (Lipinski definition) is 2. The molecule has 170 valence electrons. The van der Waals surface area contributed by atoms with Gasteiger partial charge in [0.15, 0.2) is 11.0 Å². The van der Waals surface area contributed by atoms with E-state index in [0.29, 0.717) is 16.7 Å². The second kappa shape index (κ2) is 10.4. The van der Waals surface area contributed by atoms with Gasteiger partial charge in [0.25, 0.3) is 0 Å². The van der Waals surface area contributed by atoms with Gasteiger partial charge in [-0.2, -0.15) is 13.2 Å². The summed E-state index contributed by atoms with van der Waals surface area (Å²) in [6, 6.07) is 5.42. The minimum absolute atomic E-state index is 0.0662. The molecule has 1 fully saturated rings. The second-order valence-electron chi connectivity index (χ2n) is 8.00. The number of carbonyl (C=O) groups is 1. The molecule has 0 saturated heterocycles. The zero-order chi connectivity index (χ0) is 22.4. The maximum absolute atomic E-state index is 13.0. The van der Waals surface area contributed by atoms with Crippen molar-refractivity contribution in [2.45, 2.75) is 75.9 Å². The van der Waals surface area contributed by atoms with Crippen LogP contribution in [0.2, 0.25) is 0 Å². The Labute approximate surface area is 184 Å². The minimum Gasteiger partial charge on any atom is -0.378 e. The summed E-state index contributed by atoms with van der Waals surface area (Å²) >= 11 is 1.34. The average Bonchev–Trinajstić information content (AvgIpc) is 3.13. The molecule has 0 atom stereocenters. The molecule has 10 heteroatoms. The average molecular weight is 456 g/mol. The van der Waals surface area contributed by atoms with Gasteiger partial charge in [-0.1, -0.05) is 37.1 Å². The van der Waals surface area contributed by atoms with Crippen LogP contribution in [0.15, 0.2) is 29.4 Å². The number of halogens is 3. The fraction of sp³-hybridized carbons (Fsp3) is 0.571. The van der Waals surface area contributed by atoms with E-state index in [0.717, 1.165) is 37.8 Å². The zero-order valence-corrected chi connectivity index (χ0v) is 18.5. The topological polar surface area (TPSA) is 71.8 Å². The molecule has 1 aromatic carbocycles. The number of anilines is 1. The molecule has 1 aliphatic rings. The monoisotopic (exact) mass is 455 g/mol. The highest BCUT2D eigenvalue weighted by atomic mass is 32.2. The Morgan fingerprint density at radius 1 is 1.23 bits per heavy atom. The minimum atomic E-state index is -4.39.